The largest absolute Gasteiger partial charge is 0.496 e. The van der Waals surface area contributed by atoms with E-state index in [4.69, 9.17) is 9.15 Å². The highest BCUT2D eigenvalue weighted by atomic mass is 16.5. The Hall–Kier alpha value is -3.54. The average molecular weight is 373 g/mol. The fraction of sp³-hybridized carbons (Fsp3) is 0.182. The Bertz CT molecular complexity index is 1230. The molecule has 140 valence electrons. The lowest BCUT2D eigenvalue weighted by Crippen LogP contribution is -2.26. The number of benzene rings is 2. The fourth-order valence-corrected chi connectivity index (χ4v) is 4.04. The van der Waals surface area contributed by atoms with E-state index in [0.29, 0.717) is 22.5 Å². The lowest BCUT2D eigenvalue weighted by molar-refractivity contribution is 0.415. The summed E-state index contributed by atoms with van der Waals surface area (Å²) >= 11 is 0. The van der Waals surface area contributed by atoms with Crippen LogP contribution in [0.25, 0.3) is 22.2 Å². The normalized spacial score (nSPS) is 15.8. The average Bonchev–Trinajstić information content (AvgIpc) is 3.34. The van der Waals surface area contributed by atoms with Gasteiger partial charge in [0.05, 0.1) is 24.4 Å². The molecule has 1 atom stereocenters. The molecule has 0 spiro atoms. The number of hydrogen-bond donors (Lipinski definition) is 1. The molecule has 0 saturated heterocycles. The number of methoxy groups -OCH3 is 1. The van der Waals surface area contributed by atoms with Crippen molar-refractivity contribution in [3.8, 4) is 17.1 Å². The van der Waals surface area contributed by atoms with Gasteiger partial charge in [0, 0.05) is 29.2 Å². The van der Waals surface area contributed by atoms with Gasteiger partial charge < -0.3 is 19.0 Å². The lowest BCUT2D eigenvalue weighted by Gasteiger charge is -2.25. The predicted octanol–water partition coefficient (Wildman–Crippen LogP) is 4.27. The number of nitrogens with one attached hydrogen (secondary N) is 1. The Morgan fingerprint density at radius 1 is 1.25 bits per heavy atom. The summed E-state index contributed by atoms with van der Waals surface area (Å²) in [7, 11) is 1.60. The van der Waals surface area contributed by atoms with Crippen molar-refractivity contribution in [2.75, 3.05) is 12.0 Å². The molecule has 0 radical (unpaired) electrons. The van der Waals surface area contributed by atoms with E-state index in [1.807, 2.05) is 18.2 Å². The molecular weight excluding hydrogens is 354 g/mol. The van der Waals surface area contributed by atoms with E-state index >= 15 is 0 Å². The van der Waals surface area contributed by atoms with E-state index in [2.05, 4.69) is 33.9 Å². The molecule has 3 heterocycles. The van der Waals surface area contributed by atoms with Crippen LogP contribution in [-0.4, -0.2) is 23.1 Å². The Kier molecular flexibility index (Phi) is 3.72. The maximum atomic E-state index is 13.0. The van der Waals surface area contributed by atoms with Crippen LogP contribution in [0, 0.1) is 0 Å². The van der Waals surface area contributed by atoms with Crippen LogP contribution in [0.2, 0.25) is 0 Å². The zero-order valence-corrected chi connectivity index (χ0v) is 15.6. The van der Waals surface area contributed by atoms with Crippen molar-refractivity contribution < 1.29 is 9.15 Å². The molecule has 1 aliphatic heterocycles. The summed E-state index contributed by atoms with van der Waals surface area (Å²) in [5.74, 6) is 1.96. The summed E-state index contributed by atoms with van der Waals surface area (Å²) < 4.78 is 10.9. The number of H-pyrrole nitrogens is 1. The van der Waals surface area contributed by atoms with Gasteiger partial charge in [0.25, 0.3) is 0 Å². The van der Waals surface area contributed by atoms with Gasteiger partial charge in [-0.3, -0.25) is 4.79 Å². The van der Waals surface area contributed by atoms with Gasteiger partial charge in [0.2, 0.25) is 0 Å². The molecule has 2 aromatic carbocycles. The van der Waals surface area contributed by atoms with Crippen LogP contribution < -0.4 is 15.1 Å². The number of ether oxygens (including phenoxy) is 1. The van der Waals surface area contributed by atoms with Gasteiger partial charge in [-0.2, -0.15) is 0 Å². The first-order chi connectivity index (χ1) is 13.7. The number of hydrogen-bond acceptors (Lipinski definition) is 5. The molecule has 1 aliphatic rings. The van der Waals surface area contributed by atoms with Gasteiger partial charge in [0.15, 0.2) is 17.6 Å². The highest BCUT2D eigenvalue weighted by molar-refractivity contribution is 5.88. The van der Waals surface area contributed by atoms with Crippen LogP contribution in [0.1, 0.15) is 12.5 Å². The maximum absolute atomic E-state index is 13.0. The number of oxazole rings is 1. The minimum Gasteiger partial charge on any atom is -0.496 e. The molecule has 0 aliphatic carbocycles. The van der Waals surface area contributed by atoms with Crippen LogP contribution in [0.15, 0.2) is 64.3 Å². The predicted molar refractivity (Wildman–Crippen MR) is 108 cm³/mol. The molecule has 2 aromatic heterocycles. The Balaban J connectivity index is 1.70. The first kappa shape index (κ1) is 16.6. The van der Waals surface area contributed by atoms with Crippen LogP contribution in [-0.2, 0) is 6.42 Å². The Morgan fingerprint density at radius 3 is 2.89 bits per heavy atom. The van der Waals surface area contributed by atoms with Crippen LogP contribution in [0.3, 0.4) is 0 Å². The minimum atomic E-state index is -0.0521. The van der Waals surface area contributed by atoms with Crippen molar-refractivity contribution in [3.05, 3.63) is 70.8 Å². The number of rotatable bonds is 3. The second kappa shape index (κ2) is 6.27. The molecular formula is C22H19N3O3. The molecule has 0 bridgehead atoms. The van der Waals surface area contributed by atoms with Crippen molar-refractivity contribution in [1.82, 2.24) is 9.97 Å². The lowest BCUT2D eigenvalue weighted by atomic mass is 10.1. The van der Waals surface area contributed by atoms with E-state index in [1.165, 1.54) is 12.0 Å². The Morgan fingerprint density at radius 2 is 2.11 bits per heavy atom. The van der Waals surface area contributed by atoms with Gasteiger partial charge >= 0.3 is 0 Å². The van der Waals surface area contributed by atoms with Gasteiger partial charge in [-0.15, -0.1) is 0 Å². The minimum absolute atomic E-state index is 0.0521. The molecule has 4 aromatic rings. The summed E-state index contributed by atoms with van der Waals surface area (Å²) in [6, 6.07) is 13.9. The summed E-state index contributed by atoms with van der Waals surface area (Å²) in [5, 5.41) is 0.580. The zero-order valence-electron chi connectivity index (χ0n) is 15.6. The maximum Gasteiger partial charge on any atom is 0.191 e. The first-order valence-corrected chi connectivity index (χ1v) is 9.17. The van der Waals surface area contributed by atoms with Gasteiger partial charge in [-0.25, -0.2) is 4.98 Å². The highest BCUT2D eigenvalue weighted by Crippen LogP contribution is 2.38. The summed E-state index contributed by atoms with van der Waals surface area (Å²) in [6.45, 7) is 2.16. The van der Waals surface area contributed by atoms with E-state index < -0.39 is 0 Å². The highest BCUT2D eigenvalue weighted by Gasteiger charge is 2.28. The molecule has 6 heteroatoms. The third-order valence-corrected chi connectivity index (χ3v) is 5.30. The molecule has 0 amide bonds. The number of pyridine rings is 1. The number of nitrogens with zero attached hydrogens (tertiary/aromatic N) is 2. The zero-order chi connectivity index (χ0) is 19.3. The standard InChI is InChI=1S/C22H19N3O3/c1-13-7-14-5-3-4-6-18(14)25(13)22-10-19(26)15-8-16(21-11-23-12-28-21)20(27-2)9-17(15)24-22/h3-6,8-13H,7H2,1-2H3,(H,24,26). The van der Waals surface area contributed by atoms with E-state index in [1.54, 1.807) is 25.4 Å². The molecule has 0 saturated carbocycles. The van der Waals surface area contributed by atoms with Gasteiger partial charge in [-0.1, -0.05) is 18.2 Å². The summed E-state index contributed by atoms with van der Waals surface area (Å²) in [6.07, 6.45) is 3.91. The third kappa shape index (κ3) is 2.49. The molecule has 6 nitrogen and oxygen atoms in total. The molecule has 28 heavy (non-hydrogen) atoms. The van der Waals surface area contributed by atoms with Crippen molar-refractivity contribution in [3.63, 3.8) is 0 Å². The van der Waals surface area contributed by atoms with E-state index in [9.17, 15) is 4.79 Å². The van der Waals surface area contributed by atoms with Crippen LogP contribution in [0.4, 0.5) is 11.5 Å². The molecule has 1 unspecified atom stereocenters. The van der Waals surface area contributed by atoms with Crippen LogP contribution >= 0.6 is 0 Å². The van der Waals surface area contributed by atoms with Crippen molar-refractivity contribution in [2.45, 2.75) is 19.4 Å². The number of aromatic nitrogens is 2. The monoisotopic (exact) mass is 373 g/mol. The number of fused-ring (bicyclic) bond motifs is 2. The van der Waals surface area contributed by atoms with Crippen LogP contribution in [0.5, 0.6) is 5.75 Å². The topological polar surface area (TPSA) is 71.4 Å². The SMILES string of the molecule is COc1cc2[nH]c(N3c4ccccc4CC3C)cc(=O)c2cc1-c1cnco1. The van der Waals surface area contributed by atoms with Crippen molar-refractivity contribution in [2.24, 2.45) is 0 Å². The molecule has 5 rings (SSSR count). The Labute approximate surface area is 161 Å². The quantitative estimate of drug-likeness (QED) is 0.580. The second-order valence-corrected chi connectivity index (χ2v) is 7.03. The van der Waals surface area contributed by atoms with E-state index in [0.717, 1.165) is 23.4 Å². The van der Waals surface area contributed by atoms with E-state index in [-0.39, 0.29) is 11.5 Å². The number of anilines is 2. The van der Waals surface area contributed by atoms with Crippen molar-refractivity contribution in [1.29, 1.82) is 0 Å². The van der Waals surface area contributed by atoms with Gasteiger partial charge in [0.1, 0.15) is 11.6 Å². The smallest absolute Gasteiger partial charge is 0.191 e. The fourth-order valence-electron chi connectivity index (χ4n) is 4.04. The summed E-state index contributed by atoms with van der Waals surface area (Å²) in [4.78, 5) is 22.5. The number of para-hydroxylation sites is 1. The van der Waals surface area contributed by atoms with Gasteiger partial charge in [-0.05, 0) is 31.0 Å². The first-order valence-electron chi connectivity index (χ1n) is 9.17. The number of aromatic amines is 1. The summed E-state index contributed by atoms with van der Waals surface area (Å²) in [5.41, 5.74) is 3.79. The van der Waals surface area contributed by atoms with Crippen molar-refractivity contribution >= 4 is 22.4 Å². The molecule has 1 N–H and O–H groups in total. The second-order valence-electron chi connectivity index (χ2n) is 7.03. The molecule has 0 fully saturated rings. The third-order valence-electron chi connectivity index (χ3n) is 5.30.